The maximum absolute atomic E-state index is 12.7. The van der Waals surface area contributed by atoms with Crippen molar-refractivity contribution < 1.29 is 19.0 Å². The van der Waals surface area contributed by atoms with Crippen molar-refractivity contribution >= 4 is 11.9 Å². The summed E-state index contributed by atoms with van der Waals surface area (Å²) in [7, 11) is 1.61. The molecule has 1 fully saturated rings. The van der Waals surface area contributed by atoms with Crippen LogP contribution >= 0.6 is 0 Å². The van der Waals surface area contributed by atoms with Gasteiger partial charge in [-0.25, -0.2) is 0 Å². The number of carbonyl (C=O) groups is 1. The minimum Gasteiger partial charge on any atom is -0.496 e. The maximum Gasteiger partial charge on any atom is 0.231 e. The minimum absolute atomic E-state index is 0.124. The van der Waals surface area contributed by atoms with Crippen molar-refractivity contribution in [3.63, 3.8) is 0 Å². The Balaban J connectivity index is 1.43. The van der Waals surface area contributed by atoms with E-state index < -0.39 is 0 Å². The lowest BCUT2D eigenvalue weighted by atomic mass is 10.1. The summed E-state index contributed by atoms with van der Waals surface area (Å²) in [5.74, 6) is 2.14. The van der Waals surface area contributed by atoms with Crippen LogP contribution in [0, 0.1) is 0 Å². The van der Waals surface area contributed by atoms with E-state index >= 15 is 0 Å². The van der Waals surface area contributed by atoms with Gasteiger partial charge in [-0.15, -0.1) is 0 Å². The van der Waals surface area contributed by atoms with E-state index in [0.717, 1.165) is 30.9 Å². The van der Waals surface area contributed by atoms with Gasteiger partial charge in [-0.05, 0) is 50.2 Å². The summed E-state index contributed by atoms with van der Waals surface area (Å²) < 4.78 is 17.1. The Morgan fingerprint density at radius 2 is 1.93 bits per heavy atom. The van der Waals surface area contributed by atoms with E-state index in [1.165, 1.54) is 19.3 Å². The zero-order valence-electron chi connectivity index (χ0n) is 16.1. The lowest BCUT2D eigenvalue weighted by Gasteiger charge is -2.26. The molecule has 0 spiro atoms. The van der Waals surface area contributed by atoms with E-state index in [9.17, 15) is 4.79 Å². The molecule has 2 aliphatic rings. The Kier molecular flexibility index (Phi) is 5.63. The topological polar surface area (TPSA) is 48.0 Å². The van der Waals surface area contributed by atoms with Crippen LogP contribution < -0.4 is 14.2 Å². The average molecular weight is 379 g/mol. The van der Waals surface area contributed by atoms with Gasteiger partial charge in [0.2, 0.25) is 5.78 Å². The molecule has 0 radical (unpaired) electrons. The number of methoxy groups -OCH3 is 1. The van der Waals surface area contributed by atoms with Crippen LogP contribution in [0.5, 0.6) is 17.2 Å². The fraction of sp³-hybridized carbons (Fsp3) is 0.348. The molecule has 0 amide bonds. The summed E-state index contributed by atoms with van der Waals surface area (Å²) in [6, 6.07) is 12.9. The molecule has 0 N–H and O–H groups in total. The van der Waals surface area contributed by atoms with E-state index in [1.807, 2.05) is 30.3 Å². The second-order valence-corrected chi connectivity index (χ2v) is 7.09. The highest BCUT2D eigenvalue weighted by Gasteiger charge is 2.28. The molecule has 0 atom stereocenters. The van der Waals surface area contributed by atoms with E-state index in [-0.39, 0.29) is 5.78 Å². The van der Waals surface area contributed by atoms with Crippen molar-refractivity contribution in [2.45, 2.75) is 19.3 Å². The molecule has 2 heterocycles. The summed E-state index contributed by atoms with van der Waals surface area (Å²) in [6.07, 6.45) is 5.60. The molecule has 4 rings (SSSR count). The summed E-state index contributed by atoms with van der Waals surface area (Å²) >= 11 is 0. The summed E-state index contributed by atoms with van der Waals surface area (Å²) in [6.45, 7) is 3.87. The number of para-hydroxylation sites is 1. The van der Waals surface area contributed by atoms with Gasteiger partial charge in [0.05, 0.1) is 12.7 Å². The van der Waals surface area contributed by atoms with E-state index in [4.69, 9.17) is 14.2 Å². The quantitative estimate of drug-likeness (QED) is 0.705. The van der Waals surface area contributed by atoms with Crippen LogP contribution in [0.25, 0.3) is 6.08 Å². The number of benzene rings is 2. The summed E-state index contributed by atoms with van der Waals surface area (Å²) in [5, 5.41) is 0. The van der Waals surface area contributed by atoms with Crippen molar-refractivity contribution in [3.05, 3.63) is 59.4 Å². The minimum atomic E-state index is -0.124. The fourth-order valence-electron chi connectivity index (χ4n) is 3.66. The number of Topliss-reactive ketones (excluding diaryl/α,β-unsaturated/α-hetero) is 1. The second-order valence-electron chi connectivity index (χ2n) is 7.09. The lowest BCUT2D eigenvalue weighted by molar-refractivity contribution is 0.101. The molecule has 2 aromatic rings. The number of hydrogen-bond donors (Lipinski definition) is 0. The van der Waals surface area contributed by atoms with E-state index in [2.05, 4.69) is 4.90 Å². The Hall–Kier alpha value is -2.79. The third-order valence-corrected chi connectivity index (χ3v) is 5.19. The van der Waals surface area contributed by atoms with Crippen molar-refractivity contribution in [1.29, 1.82) is 0 Å². The van der Waals surface area contributed by atoms with Gasteiger partial charge in [0.15, 0.2) is 5.76 Å². The molecule has 146 valence electrons. The van der Waals surface area contributed by atoms with Crippen LogP contribution in [-0.2, 0) is 0 Å². The molecular weight excluding hydrogens is 354 g/mol. The summed E-state index contributed by atoms with van der Waals surface area (Å²) in [4.78, 5) is 15.1. The normalized spacial score (nSPS) is 18.0. The van der Waals surface area contributed by atoms with E-state index in [1.54, 1.807) is 25.3 Å². The Morgan fingerprint density at radius 3 is 2.75 bits per heavy atom. The average Bonchev–Trinajstić information content (AvgIpc) is 3.04. The van der Waals surface area contributed by atoms with Gasteiger partial charge < -0.3 is 14.2 Å². The van der Waals surface area contributed by atoms with E-state index in [0.29, 0.717) is 29.4 Å². The number of allylic oxidation sites excluding steroid dienone is 1. The first-order valence-electron chi connectivity index (χ1n) is 9.81. The third-order valence-electron chi connectivity index (χ3n) is 5.19. The molecule has 0 aromatic heterocycles. The number of fused-ring (bicyclic) bond motifs is 1. The first kappa shape index (κ1) is 18.6. The van der Waals surface area contributed by atoms with Gasteiger partial charge in [-0.3, -0.25) is 9.69 Å². The highest BCUT2D eigenvalue weighted by molar-refractivity contribution is 6.14. The Morgan fingerprint density at radius 1 is 1.11 bits per heavy atom. The molecule has 5 heteroatoms. The molecule has 2 aliphatic heterocycles. The van der Waals surface area contributed by atoms with Gasteiger partial charge in [-0.1, -0.05) is 24.6 Å². The predicted molar refractivity (Wildman–Crippen MR) is 108 cm³/mol. The van der Waals surface area contributed by atoms with Crippen LogP contribution in [0.15, 0.2) is 48.2 Å². The molecule has 0 saturated carbocycles. The van der Waals surface area contributed by atoms with Gasteiger partial charge in [0, 0.05) is 18.2 Å². The molecule has 0 aliphatic carbocycles. The highest BCUT2D eigenvalue weighted by atomic mass is 16.5. The van der Waals surface area contributed by atoms with Crippen molar-refractivity contribution in [1.82, 2.24) is 4.90 Å². The molecular formula is C23H25NO4. The standard InChI is InChI=1S/C23H25NO4/c1-26-20-8-4-3-7-17(20)15-22-23(25)19-10-9-18(16-21(19)28-22)27-14-13-24-11-5-2-6-12-24/h3-4,7-10,15-16H,2,5-6,11-14H2,1H3/b22-15+. The van der Waals surface area contributed by atoms with Crippen molar-refractivity contribution in [3.8, 4) is 17.2 Å². The Labute approximate surface area is 165 Å². The maximum atomic E-state index is 12.7. The third kappa shape index (κ3) is 4.04. The number of nitrogens with zero attached hydrogens (tertiary/aromatic N) is 1. The molecule has 0 bridgehead atoms. The second kappa shape index (κ2) is 8.48. The number of rotatable bonds is 6. The number of ketones is 1. The van der Waals surface area contributed by atoms with Gasteiger partial charge in [0.1, 0.15) is 23.9 Å². The highest BCUT2D eigenvalue weighted by Crippen LogP contribution is 2.35. The molecule has 2 aromatic carbocycles. The van der Waals surface area contributed by atoms with Crippen LogP contribution in [-0.4, -0.2) is 44.0 Å². The van der Waals surface area contributed by atoms with Crippen molar-refractivity contribution in [2.75, 3.05) is 33.4 Å². The first-order chi connectivity index (χ1) is 13.7. The smallest absolute Gasteiger partial charge is 0.231 e. The van der Waals surface area contributed by atoms with Gasteiger partial charge >= 0.3 is 0 Å². The largest absolute Gasteiger partial charge is 0.496 e. The van der Waals surface area contributed by atoms with Crippen LogP contribution in [0.2, 0.25) is 0 Å². The molecule has 1 saturated heterocycles. The number of ether oxygens (including phenoxy) is 3. The summed E-state index contributed by atoms with van der Waals surface area (Å²) in [5.41, 5.74) is 1.36. The number of likely N-dealkylation sites (tertiary alicyclic amines) is 1. The van der Waals surface area contributed by atoms with Crippen LogP contribution in [0.1, 0.15) is 35.2 Å². The molecule has 28 heavy (non-hydrogen) atoms. The fourth-order valence-corrected chi connectivity index (χ4v) is 3.66. The van der Waals surface area contributed by atoms with Crippen LogP contribution in [0.4, 0.5) is 0 Å². The monoisotopic (exact) mass is 379 g/mol. The zero-order valence-corrected chi connectivity index (χ0v) is 16.1. The SMILES string of the molecule is COc1ccccc1/C=C1/Oc2cc(OCCN3CCCCC3)ccc2C1=O. The van der Waals surface area contributed by atoms with Gasteiger partial charge in [-0.2, -0.15) is 0 Å². The predicted octanol–water partition coefficient (Wildman–Crippen LogP) is 4.18. The first-order valence-corrected chi connectivity index (χ1v) is 9.81. The van der Waals surface area contributed by atoms with Gasteiger partial charge in [0.25, 0.3) is 0 Å². The zero-order chi connectivity index (χ0) is 19.3. The van der Waals surface area contributed by atoms with Crippen LogP contribution in [0.3, 0.4) is 0 Å². The lowest BCUT2D eigenvalue weighted by Crippen LogP contribution is -2.33. The molecule has 0 unspecified atom stereocenters. The number of piperidine rings is 1. The van der Waals surface area contributed by atoms with Crippen molar-refractivity contribution in [2.24, 2.45) is 0 Å². The molecule has 5 nitrogen and oxygen atoms in total. The number of hydrogen-bond acceptors (Lipinski definition) is 5. The Bertz CT molecular complexity index is 884. The number of carbonyl (C=O) groups excluding carboxylic acids is 1.